The predicted molar refractivity (Wildman–Crippen MR) is 57.0 cm³/mol. The first-order chi connectivity index (χ1) is 5.93. The van der Waals surface area contributed by atoms with Crippen molar-refractivity contribution in [2.24, 2.45) is 0 Å². The molecule has 2 heteroatoms. The quantitative estimate of drug-likeness (QED) is 0.621. The number of rotatable bonds is 1. The van der Waals surface area contributed by atoms with Crippen LogP contribution >= 0.6 is 23.1 Å². The molecular formula is C10H8S2. The number of thioether (sulfide) groups is 1. The van der Waals surface area contributed by atoms with E-state index in [0.717, 1.165) is 5.25 Å². The Bertz CT molecular complexity index is 379. The Morgan fingerprint density at radius 3 is 2.83 bits per heavy atom. The molecule has 1 fully saturated rings. The maximum absolute atomic E-state index is 2.34. The lowest BCUT2D eigenvalue weighted by Crippen LogP contribution is -1.64. The van der Waals surface area contributed by atoms with Gasteiger partial charge in [0.15, 0.2) is 0 Å². The fraction of sp³-hybridized carbons (Fsp3) is 0.200. The van der Waals surface area contributed by atoms with Crippen molar-refractivity contribution in [2.75, 3.05) is 5.75 Å². The monoisotopic (exact) mass is 192 g/mol. The van der Waals surface area contributed by atoms with Crippen LogP contribution in [-0.2, 0) is 0 Å². The highest BCUT2D eigenvalue weighted by Crippen LogP contribution is 2.49. The zero-order chi connectivity index (χ0) is 7.97. The van der Waals surface area contributed by atoms with E-state index in [4.69, 9.17) is 0 Å². The lowest BCUT2D eigenvalue weighted by atomic mass is 10.2. The molecule has 1 saturated heterocycles. The van der Waals surface area contributed by atoms with E-state index in [9.17, 15) is 0 Å². The van der Waals surface area contributed by atoms with Gasteiger partial charge in [-0.15, -0.1) is 11.3 Å². The van der Waals surface area contributed by atoms with Crippen LogP contribution in [0.25, 0.3) is 10.1 Å². The second-order valence-corrected chi connectivity index (χ2v) is 5.36. The summed E-state index contributed by atoms with van der Waals surface area (Å²) in [6.45, 7) is 0. The Morgan fingerprint density at radius 2 is 2.08 bits per heavy atom. The molecule has 2 aromatic rings. The van der Waals surface area contributed by atoms with Gasteiger partial charge >= 0.3 is 0 Å². The van der Waals surface area contributed by atoms with E-state index < -0.39 is 0 Å². The van der Waals surface area contributed by atoms with E-state index in [2.05, 4.69) is 30.3 Å². The molecule has 1 aromatic carbocycles. The topological polar surface area (TPSA) is 0 Å². The average Bonchev–Trinajstić information content (AvgIpc) is 2.85. The van der Waals surface area contributed by atoms with Crippen molar-refractivity contribution in [1.29, 1.82) is 0 Å². The van der Waals surface area contributed by atoms with Gasteiger partial charge in [-0.1, -0.05) is 18.2 Å². The minimum absolute atomic E-state index is 0.822. The van der Waals surface area contributed by atoms with Crippen LogP contribution in [0, 0.1) is 0 Å². The summed E-state index contributed by atoms with van der Waals surface area (Å²) in [5.41, 5.74) is 0. The molecule has 1 atom stereocenters. The lowest BCUT2D eigenvalue weighted by molar-refractivity contribution is 1.30. The van der Waals surface area contributed by atoms with Gasteiger partial charge in [0.05, 0.1) is 0 Å². The van der Waals surface area contributed by atoms with E-state index in [1.165, 1.54) is 15.8 Å². The zero-order valence-electron chi connectivity index (χ0n) is 6.49. The summed E-state index contributed by atoms with van der Waals surface area (Å²) >= 11 is 3.99. The molecule has 0 nitrogen and oxygen atoms in total. The minimum Gasteiger partial charge on any atom is -0.151 e. The van der Waals surface area contributed by atoms with Crippen molar-refractivity contribution in [2.45, 2.75) is 5.25 Å². The van der Waals surface area contributed by atoms with Gasteiger partial charge in [-0.05, 0) is 17.5 Å². The van der Waals surface area contributed by atoms with Gasteiger partial charge in [-0.3, -0.25) is 0 Å². The van der Waals surface area contributed by atoms with Crippen LogP contribution in [0.2, 0.25) is 0 Å². The van der Waals surface area contributed by atoms with Gasteiger partial charge in [0, 0.05) is 20.6 Å². The Kier molecular flexibility index (Phi) is 1.46. The third-order valence-electron chi connectivity index (χ3n) is 2.10. The molecule has 0 saturated carbocycles. The summed E-state index contributed by atoms with van der Waals surface area (Å²) in [5.74, 6) is 1.33. The fourth-order valence-electron chi connectivity index (χ4n) is 1.37. The van der Waals surface area contributed by atoms with Gasteiger partial charge in [-0.25, -0.2) is 0 Å². The third-order valence-corrected chi connectivity index (χ3v) is 4.39. The van der Waals surface area contributed by atoms with Gasteiger partial charge in [0.25, 0.3) is 0 Å². The number of benzene rings is 1. The largest absolute Gasteiger partial charge is 0.151 e. The van der Waals surface area contributed by atoms with Gasteiger partial charge in [-0.2, -0.15) is 11.8 Å². The normalized spacial score (nSPS) is 21.5. The first-order valence-electron chi connectivity index (χ1n) is 4.03. The molecule has 3 rings (SSSR count). The summed E-state index contributed by atoms with van der Waals surface area (Å²) in [7, 11) is 0. The maximum atomic E-state index is 2.34. The summed E-state index contributed by atoms with van der Waals surface area (Å²) < 4.78 is 1.43. The molecule has 0 N–H and O–H groups in total. The highest BCUT2D eigenvalue weighted by Gasteiger charge is 2.26. The average molecular weight is 192 g/mol. The van der Waals surface area contributed by atoms with Crippen LogP contribution < -0.4 is 0 Å². The Hall–Kier alpha value is -0.470. The molecule has 0 spiro atoms. The highest BCUT2D eigenvalue weighted by atomic mass is 32.2. The molecule has 2 heterocycles. The number of thiophene rings is 1. The van der Waals surface area contributed by atoms with Crippen LogP contribution in [0.15, 0.2) is 30.3 Å². The van der Waals surface area contributed by atoms with Crippen molar-refractivity contribution >= 4 is 33.2 Å². The number of hydrogen-bond donors (Lipinski definition) is 0. The first kappa shape index (κ1) is 6.98. The molecule has 0 bridgehead atoms. The van der Waals surface area contributed by atoms with Crippen LogP contribution in [-0.4, -0.2) is 5.75 Å². The molecule has 0 radical (unpaired) electrons. The van der Waals surface area contributed by atoms with E-state index in [-0.39, 0.29) is 0 Å². The number of hydrogen-bond acceptors (Lipinski definition) is 2. The summed E-state index contributed by atoms with van der Waals surface area (Å²) in [6.07, 6.45) is 0. The van der Waals surface area contributed by atoms with Gasteiger partial charge in [0.2, 0.25) is 0 Å². The fourth-order valence-corrected chi connectivity index (χ4v) is 3.38. The summed E-state index contributed by atoms with van der Waals surface area (Å²) in [5, 5.41) is 2.23. The number of fused-ring (bicyclic) bond motifs is 1. The molecule has 1 unspecified atom stereocenters. The zero-order valence-corrected chi connectivity index (χ0v) is 8.12. The van der Waals surface area contributed by atoms with Crippen LogP contribution in [0.3, 0.4) is 0 Å². The van der Waals surface area contributed by atoms with Crippen molar-refractivity contribution < 1.29 is 0 Å². The highest BCUT2D eigenvalue weighted by molar-refractivity contribution is 8.06. The molecule has 1 aliphatic heterocycles. The SMILES string of the molecule is c1ccc2sc(C3CS3)cc2c1. The second kappa shape index (κ2) is 2.51. The van der Waals surface area contributed by atoms with Crippen LogP contribution in [0.5, 0.6) is 0 Å². The van der Waals surface area contributed by atoms with Crippen molar-refractivity contribution in [3.8, 4) is 0 Å². The molecule has 0 amide bonds. The Morgan fingerprint density at radius 1 is 1.25 bits per heavy atom. The van der Waals surface area contributed by atoms with Crippen molar-refractivity contribution in [3.63, 3.8) is 0 Å². The Balaban J connectivity index is 2.23. The molecule has 12 heavy (non-hydrogen) atoms. The Labute approximate surface area is 79.6 Å². The predicted octanol–water partition coefficient (Wildman–Crippen LogP) is 3.69. The maximum Gasteiger partial charge on any atom is 0.0482 e. The summed E-state index contributed by atoms with van der Waals surface area (Å²) in [4.78, 5) is 1.56. The smallest absolute Gasteiger partial charge is 0.0482 e. The van der Waals surface area contributed by atoms with Crippen molar-refractivity contribution in [3.05, 3.63) is 35.2 Å². The lowest BCUT2D eigenvalue weighted by Gasteiger charge is -1.82. The minimum atomic E-state index is 0.822. The standard InChI is InChI=1S/C10H8S2/c1-2-4-8-7(3-1)5-9(12-8)10-6-11-10/h1-5,10H,6H2. The van der Waals surface area contributed by atoms with Gasteiger partial charge in [0.1, 0.15) is 0 Å². The second-order valence-electron chi connectivity index (χ2n) is 3.01. The third kappa shape index (κ3) is 1.06. The van der Waals surface area contributed by atoms with E-state index in [0.29, 0.717) is 0 Å². The van der Waals surface area contributed by atoms with E-state index in [1.807, 2.05) is 23.1 Å². The van der Waals surface area contributed by atoms with Crippen LogP contribution in [0.4, 0.5) is 0 Å². The van der Waals surface area contributed by atoms with Crippen LogP contribution in [0.1, 0.15) is 10.1 Å². The molecular weight excluding hydrogens is 184 g/mol. The first-order valence-corrected chi connectivity index (χ1v) is 5.90. The van der Waals surface area contributed by atoms with E-state index >= 15 is 0 Å². The van der Waals surface area contributed by atoms with Gasteiger partial charge < -0.3 is 0 Å². The van der Waals surface area contributed by atoms with E-state index in [1.54, 1.807) is 4.88 Å². The molecule has 60 valence electrons. The molecule has 1 aromatic heterocycles. The molecule has 0 aliphatic carbocycles. The molecule has 1 aliphatic rings. The van der Waals surface area contributed by atoms with Crippen molar-refractivity contribution in [1.82, 2.24) is 0 Å². The summed E-state index contributed by atoms with van der Waals surface area (Å²) in [6, 6.07) is 11.0.